The second-order valence-corrected chi connectivity index (χ2v) is 2.67. The van der Waals surface area contributed by atoms with Crippen LogP contribution in [-0.4, -0.2) is 23.5 Å². The summed E-state index contributed by atoms with van der Waals surface area (Å²) >= 11 is 0. The van der Waals surface area contributed by atoms with E-state index in [0.29, 0.717) is 6.54 Å². The zero-order chi connectivity index (χ0) is 8.85. The lowest BCUT2D eigenvalue weighted by atomic mass is 10.3. The van der Waals surface area contributed by atoms with Crippen LogP contribution < -0.4 is 5.32 Å². The first-order chi connectivity index (χ1) is 5.02. The van der Waals surface area contributed by atoms with Gasteiger partial charge in [0.2, 0.25) is 0 Å². The number of allylic oxidation sites excluding steroid dienone is 2. The number of hydrogen-bond donors (Lipinski definition) is 2. The van der Waals surface area contributed by atoms with E-state index in [9.17, 15) is 4.79 Å². The topological polar surface area (TPSA) is 49.3 Å². The molecule has 0 aromatic rings. The van der Waals surface area contributed by atoms with E-state index in [1.54, 1.807) is 13.8 Å². The highest BCUT2D eigenvalue weighted by molar-refractivity contribution is 5.87. The van der Waals surface area contributed by atoms with Gasteiger partial charge in [-0.2, -0.15) is 0 Å². The minimum Gasteiger partial charge on any atom is -0.392 e. The van der Waals surface area contributed by atoms with Crippen LogP contribution in [0, 0.1) is 0 Å². The molecule has 0 amide bonds. The van der Waals surface area contributed by atoms with Crippen LogP contribution in [0.5, 0.6) is 0 Å². The predicted octanol–water partition coefficient (Wildman–Crippen LogP) is 0.450. The molecular formula is C8H15NO2. The molecule has 1 unspecified atom stereocenters. The van der Waals surface area contributed by atoms with Gasteiger partial charge in [0, 0.05) is 12.2 Å². The normalized spacial score (nSPS) is 14.4. The maximum absolute atomic E-state index is 10.5. The summed E-state index contributed by atoms with van der Waals surface area (Å²) in [6.07, 6.45) is 1.12. The fraction of sp³-hybridized carbons (Fsp3) is 0.625. The summed E-state index contributed by atoms with van der Waals surface area (Å²) in [4.78, 5) is 10.5. The highest BCUT2D eigenvalue weighted by atomic mass is 16.3. The first-order valence-electron chi connectivity index (χ1n) is 3.63. The maximum Gasteiger partial charge on any atom is 0.154 e. The van der Waals surface area contributed by atoms with Crippen molar-refractivity contribution >= 4 is 5.78 Å². The number of ketones is 1. The van der Waals surface area contributed by atoms with Crippen LogP contribution in [0.3, 0.4) is 0 Å². The molecule has 0 aromatic carbocycles. The van der Waals surface area contributed by atoms with E-state index in [4.69, 9.17) is 5.11 Å². The third kappa shape index (κ3) is 7.06. The van der Waals surface area contributed by atoms with Gasteiger partial charge in [-0.3, -0.25) is 4.79 Å². The van der Waals surface area contributed by atoms with Gasteiger partial charge in [-0.25, -0.2) is 0 Å². The summed E-state index contributed by atoms with van der Waals surface area (Å²) in [6.45, 7) is 5.46. The van der Waals surface area contributed by atoms with E-state index < -0.39 is 0 Å². The molecule has 0 bridgehead atoms. The van der Waals surface area contributed by atoms with Gasteiger partial charge in [-0.15, -0.1) is 0 Å². The second-order valence-electron chi connectivity index (χ2n) is 2.67. The third-order valence-electron chi connectivity index (χ3n) is 1.10. The van der Waals surface area contributed by atoms with Crippen LogP contribution in [0.2, 0.25) is 0 Å². The second kappa shape index (κ2) is 4.91. The Balaban J connectivity index is 3.68. The molecule has 0 radical (unpaired) electrons. The summed E-state index contributed by atoms with van der Waals surface area (Å²) in [5, 5.41) is 11.8. The molecule has 0 aliphatic heterocycles. The van der Waals surface area contributed by atoms with Gasteiger partial charge in [0.25, 0.3) is 0 Å². The van der Waals surface area contributed by atoms with Crippen LogP contribution in [0.25, 0.3) is 0 Å². The summed E-state index contributed by atoms with van der Waals surface area (Å²) in [6, 6.07) is 0. The zero-order valence-electron chi connectivity index (χ0n) is 7.22. The number of carbonyl (C=O) groups is 1. The summed E-state index contributed by atoms with van der Waals surface area (Å²) in [7, 11) is 0. The van der Waals surface area contributed by atoms with Crippen molar-refractivity contribution in [2.45, 2.75) is 26.9 Å². The molecule has 0 spiro atoms. The Labute approximate surface area is 67.1 Å². The number of hydrogen-bond acceptors (Lipinski definition) is 3. The van der Waals surface area contributed by atoms with Crippen molar-refractivity contribution in [3.63, 3.8) is 0 Å². The first-order valence-corrected chi connectivity index (χ1v) is 3.63. The fourth-order valence-electron chi connectivity index (χ4n) is 0.665. The van der Waals surface area contributed by atoms with Crippen molar-refractivity contribution in [3.05, 3.63) is 11.8 Å². The molecule has 2 N–H and O–H groups in total. The molecule has 64 valence electrons. The molecule has 0 saturated heterocycles. The van der Waals surface area contributed by atoms with E-state index in [0.717, 1.165) is 5.70 Å². The zero-order valence-corrected chi connectivity index (χ0v) is 7.22. The molecular weight excluding hydrogens is 142 g/mol. The van der Waals surface area contributed by atoms with Crippen molar-refractivity contribution in [1.29, 1.82) is 0 Å². The lowest BCUT2D eigenvalue weighted by Gasteiger charge is -2.07. The van der Waals surface area contributed by atoms with E-state index >= 15 is 0 Å². The highest BCUT2D eigenvalue weighted by Crippen LogP contribution is 1.87. The average molecular weight is 157 g/mol. The lowest BCUT2D eigenvalue weighted by molar-refractivity contribution is -0.112. The Morgan fingerprint density at radius 2 is 2.18 bits per heavy atom. The predicted molar refractivity (Wildman–Crippen MR) is 44.1 cm³/mol. The molecule has 0 fully saturated rings. The highest BCUT2D eigenvalue weighted by Gasteiger charge is 1.94. The molecule has 0 aromatic heterocycles. The maximum atomic E-state index is 10.5. The smallest absolute Gasteiger partial charge is 0.154 e. The number of aliphatic hydroxyl groups excluding tert-OH is 1. The van der Waals surface area contributed by atoms with Gasteiger partial charge in [0.05, 0.1) is 6.10 Å². The van der Waals surface area contributed by atoms with Gasteiger partial charge in [-0.05, 0) is 26.8 Å². The summed E-state index contributed by atoms with van der Waals surface area (Å²) in [5.74, 6) is 0.0144. The van der Waals surface area contributed by atoms with Crippen LogP contribution in [0.4, 0.5) is 0 Å². The number of carbonyl (C=O) groups excluding carboxylic acids is 1. The van der Waals surface area contributed by atoms with E-state index in [1.165, 1.54) is 13.0 Å². The van der Waals surface area contributed by atoms with Crippen molar-refractivity contribution in [2.75, 3.05) is 6.54 Å². The monoisotopic (exact) mass is 157 g/mol. The number of rotatable bonds is 4. The van der Waals surface area contributed by atoms with E-state index in [2.05, 4.69) is 5.32 Å². The summed E-state index contributed by atoms with van der Waals surface area (Å²) < 4.78 is 0. The standard InChI is InChI=1S/C8H15NO2/c1-6(4-7(2)10)9-5-8(3)11/h4,8-9,11H,5H2,1-3H3. The molecule has 0 saturated carbocycles. The van der Waals surface area contributed by atoms with E-state index in [1.807, 2.05) is 0 Å². The molecule has 3 nitrogen and oxygen atoms in total. The number of nitrogens with one attached hydrogen (secondary N) is 1. The molecule has 3 heteroatoms. The quantitative estimate of drug-likeness (QED) is 0.582. The van der Waals surface area contributed by atoms with Crippen molar-refractivity contribution in [3.8, 4) is 0 Å². The first kappa shape index (κ1) is 10.2. The van der Waals surface area contributed by atoms with Crippen LogP contribution in [0.1, 0.15) is 20.8 Å². The van der Waals surface area contributed by atoms with Gasteiger partial charge in [0.1, 0.15) is 0 Å². The minimum absolute atomic E-state index is 0.0144. The third-order valence-corrected chi connectivity index (χ3v) is 1.10. The largest absolute Gasteiger partial charge is 0.392 e. The molecule has 11 heavy (non-hydrogen) atoms. The molecule has 0 aliphatic carbocycles. The average Bonchev–Trinajstić information content (AvgIpc) is 1.82. The van der Waals surface area contributed by atoms with Gasteiger partial charge >= 0.3 is 0 Å². The Morgan fingerprint density at radius 1 is 1.64 bits per heavy atom. The van der Waals surface area contributed by atoms with Crippen molar-refractivity contribution in [2.24, 2.45) is 0 Å². The number of aliphatic hydroxyl groups is 1. The van der Waals surface area contributed by atoms with Crippen LogP contribution in [-0.2, 0) is 4.79 Å². The van der Waals surface area contributed by atoms with Gasteiger partial charge < -0.3 is 10.4 Å². The Kier molecular flexibility index (Phi) is 4.54. The fourth-order valence-corrected chi connectivity index (χ4v) is 0.665. The van der Waals surface area contributed by atoms with Crippen LogP contribution >= 0.6 is 0 Å². The molecule has 0 heterocycles. The Morgan fingerprint density at radius 3 is 2.55 bits per heavy atom. The molecule has 1 atom stereocenters. The van der Waals surface area contributed by atoms with Crippen LogP contribution in [0.15, 0.2) is 11.8 Å². The minimum atomic E-state index is -0.384. The van der Waals surface area contributed by atoms with Gasteiger partial charge in [-0.1, -0.05) is 0 Å². The Hall–Kier alpha value is -0.830. The van der Waals surface area contributed by atoms with Crippen molar-refractivity contribution in [1.82, 2.24) is 5.32 Å². The SMILES string of the molecule is CC(=O)C=C(C)NCC(C)O. The summed E-state index contributed by atoms with van der Waals surface area (Å²) in [5.41, 5.74) is 0.790. The molecule has 0 aliphatic rings. The Bertz CT molecular complexity index is 161. The van der Waals surface area contributed by atoms with E-state index in [-0.39, 0.29) is 11.9 Å². The van der Waals surface area contributed by atoms with Gasteiger partial charge in [0.15, 0.2) is 5.78 Å². The molecule has 0 rings (SSSR count). The van der Waals surface area contributed by atoms with Crippen molar-refractivity contribution < 1.29 is 9.90 Å². The lowest BCUT2D eigenvalue weighted by Crippen LogP contribution is -2.23.